The minimum absolute atomic E-state index is 0.210. The van der Waals surface area contributed by atoms with Crippen LogP contribution in [0, 0.1) is 0 Å². The molecule has 102 valence electrons. The van der Waals surface area contributed by atoms with Gasteiger partial charge < -0.3 is 0 Å². The van der Waals surface area contributed by atoms with E-state index in [4.69, 9.17) is 4.99 Å². The summed E-state index contributed by atoms with van der Waals surface area (Å²) in [6.45, 7) is 3.25. The number of benzene rings is 2. The first-order valence-corrected chi connectivity index (χ1v) is 7.38. The third-order valence-electron chi connectivity index (χ3n) is 4.34. The number of nitrogens with zero attached hydrogens (tertiary/aromatic N) is 1. The molecule has 1 aliphatic heterocycles. The summed E-state index contributed by atoms with van der Waals surface area (Å²) in [5.41, 5.74) is 4.35. The van der Waals surface area contributed by atoms with Crippen LogP contribution in [-0.4, -0.2) is 12.3 Å². The summed E-state index contributed by atoms with van der Waals surface area (Å²) in [5, 5.41) is 0. The van der Waals surface area contributed by atoms with E-state index in [-0.39, 0.29) is 5.41 Å². The Kier molecular flexibility index (Phi) is 3.68. The summed E-state index contributed by atoms with van der Waals surface area (Å²) in [5.74, 6) is 0. The highest BCUT2D eigenvalue weighted by atomic mass is 14.8. The monoisotopic (exact) mass is 263 g/mol. The van der Waals surface area contributed by atoms with Gasteiger partial charge in [0, 0.05) is 24.1 Å². The standard InChI is InChI=1S/C19H21N/c1-19(17-10-6-3-7-11-17)13-12-18(20-15-19)14-16-8-4-2-5-9-16/h2-11H,12-15H2,1H3. The molecule has 0 aromatic heterocycles. The van der Waals surface area contributed by atoms with Crippen LogP contribution >= 0.6 is 0 Å². The molecule has 0 aliphatic carbocycles. The van der Waals surface area contributed by atoms with Crippen molar-refractivity contribution in [1.82, 2.24) is 0 Å². The van der Waals surface area contributed by atoms with Crippen LogP contribution in [0.4, 0.5) is 0 Å². The molecule has 1 atom stereocenters. The van der Waals surface area contributed by atoms with Gasteiger partial charge in [0.1, 0.15) is 0 Å². The molecule has 1 heteroatoms. The van der Waals surface area contributed by atoms with Gasteiger partial charge >= 0.3 is 0 Å². The lowest BCUT2D eigenvalue weighted by molar-refractivity contribution is 0.438. The molecule has 0 fully saturated rings. The molecule has 0 saturated heterocycles. The maximum atomic E-state index is 4.87. The zero-order chi connectivity index (χ0) is 13.8. The van der Waals surface area contributed by atoms with E-state index in [1.165, 1.54) is 23.3 Å². The summed E-state index contributed by atoms with van der Waals surface area (Å²) in [4.78, 5) is 4.87. The third-order valence-corrected chi connectivity index (χ3v) is 4.34. The summed E-state index contributed by atoms with van der Waals surface area (Å²) in [6.07, 6.45) is 3.31. The summed E-state index contributed by atoms with van der Waals surface area (Å²) in [7, 11) is 0. The van der Waals surface area contributed by atoms with E-state index in [9.17, 15) is 0 Å². The van der Waals surface area contributed by atoms with Gasteiger partial charge in [0.15, 0.2) is 0 Å². The molecular weight excluding hydrogens is 242 g/mol. The lowest BCUT2D eigenvalue weighted by Crippen LogP contribution is -2.31. The zero-order valence-corrected chi connectivity index (χ0v) is 12.0. The number of hydrogen-bond acceptors (Lipinski definition) is 1. The Morgan fingerprint density at radius 3 is 2.20 bits per heavy atom. The fourth-order valence-corrected chi connectivity index (χ4v) is 2.92. The van der Waals surface area contributed by atoms with Gasteiger partial charge in [0.2, 0.25) is 0 Å². The molecule has 0 saturated carbocycles. The summed E-state index contributed by atoms with van der Waals surface area (Å²) in [6, 6.07) is 21.5. The highest BCUT2D eigenvalue weighted by molar-refractivity contribution is 5.87. The van der Waals surface area contributed by atoms with Crippen LogP contribution in [0.15, 0.2) is 65.7 Å². The van der Waals surface area contributed by atoms with Gasteiger partial charge in [0.05, 0.1) is 0 Å². The van der Waals surface area contributed by atoms with Gasteiger partial charge in [-0.05, 0) is 24.0 Å². The van der Waals surface area contributed by atoms with E-state index < -0.39 is 0 Å². The van der Waals surface area contributed by atoms with Crippen molar-refractivity contribution in [3.8, 4) is 0 Å². The normalized spacial score (nSPS) is 22.4. The molecule has 20 heavy (non-hydrogen) atoms. The maximum Gasteiger partial charge on any atom is 0.0483 e. The SMILES string of the molecule is CC1(c2ccccc2)CCC(Cc2ccccc2)=NC1. The van der Waals surface area contributed by atoms with Gasteiger partial charge in [0.25, 0.3) is 0 Å². The first kappa shape index (κ1) is 13.1. The Morgan fingerprint density at radius 1 is 0.950 bits per heavy atom. The summed E-state index contributed by atoms with van der Waals surface area (Å²) < 4.78 is 0. The Bertz CT molecular complexity index is 586. The van der Waals surface area contributed by atoms with Crippen molar-refractivity contribution >= 4 is 5.71 Å². The molecule has 1 nitrogen and oxygen atoms in total. The fraction of sp³-hybridized carbons (Fsp3) is 0.316. The molecule has 2 aromatic rings. The van der Waals surface area contributed by atoms with Crippen LogP contribution < -0.4 is 0 Å². The molecule has 0 bridgehead atoms. The molecule has 3 rings (SSSR count). The molecule has 1 unspecified atom stereocenters. The predicted octanol–water partition coefficient (Wildman–Crippen LogP) is 4.42. The number of aliphatic imine (C=N–C) groups is 1. The van der Waals surface area contributed by atoms with Crippen LogP contribution in [0.2, 0.25) is 0 Å². The first-order valence-electron chi connectivity index (χ1n) is 7.38. The second kappa shape index (κ2) is 5.62. The second-order valence-electron chi connectivity index (χ2n) is 5.97. The van der Waals surface area contributed by atoms with Crippen molar-refractivity contribution in [2.45, 2.75) is 31.6 Å². The van der Waals surface area contributed by atoms with E-state index in [0.717, 1.165) is 19.4 Å². The average molecular weight is 263 g/mol. The molecule has 0 radical (unpaired) electrons. The van der Waals surface area contributed by atoms with E-state index >= 15 is 0 Å². The van der Waals surface area contributed by atoms with Crippen LogP contribution in [0.1, 0.15) is 30.9 Å². The highest BCUT2D eigenvalue weighted by Crippen LogP contribution is 2.32. The third kappa shape index (κ3) is 2.82. The van der Waals surface area contributed by atoms with E-state index in [1.807, 2.05) is 0 Å². The van der Waals surface area contributed by atoms with Crippen LogP contribution in [-0.2, 0) is 11.8 Å². The van der Waals surface area contributed by atoms with Gasteiger partial charge in [-0.15, -0.1) is 0 Å². The van der Waals surface area contributed by atoms with Crippen molar-refractivity contribution in [1.29, 1.82) is 0 Å². The lowest BCUT2D eigenvalue weighted by Gasteiger charge is -2.32. The number of rotatable bonds is 3. The predicted molar refractivity (Wildman–Crippen MR) is 85.5 cm³/mol. The Balaban J connectivity index is 1.72. The second-order valence-corrected chi connectivity index (χ2v) is 5.97. The Morgan fingerprint density at radius 2 is 1.60 bits per heavy atom. The van der Waals surface area contributed by atoms with Crippen LogP contribution in [0.3, 0.4) is 0 Å². The van der Waals surface area contributed by atoms with Crippen LogP contribution in [0.5, 0.6) is 0 Å². The minimum atomic E-state index is 0.210. The lowest BCUT2D eigenvalue weighted by atomic mass is 9.76. The number of hydrogen-bond donors (Lipinski definition) is 0. The topological polar surface area (TPSA) is 12.4 Å². The molecule has 0 N–H and O–H groups in total. The van der Waals surface area contributed by atoms with Crippen molar-refractivity contribution in [3.63, 3.8) is 0 Å². The largest absolute Gasteiger partial charge is 0.293 e. The quantitative estimate of drug-likeness (QED) is 0.777. The highest BCUT2D eigenvalue weighted by Gasteiger charge is 2.29. The maximum absolute atomic E-state index is 4.87. The van der Waals surface area contributed by atoms with E-state index in [0.29, 0.717) is 0 Å². The van der Waals surface area contributed by atoms with E-state index in [2.05, 4.69) is 67.6 Å². The van der Waals surface area contributed by atoms with Gasteiger partial charge in [-0.2, -0.15) is 0 Å². The van der Waals surface area contributed by atoms with Crippen molar-refractivity contribution in [3.05, 3.63) is 71.8 Å². The van der Waals surface area contributed by atoms with Gasteiger partial charge in [-0.1, -0.05) is 67.6 Å². The molecule has 2 aromatic carbocycles. The Labute approximate surface area is 121 Å². The average Bonchev–Trinajstić information content (AvgIpc) is 2.52. The van der Waals surface area contributed by atoms with Crippen molar-refractivity contribution in [2.75, 3.05) is 6.54 Å². The molecule has 1 heterocycles. The van der Waals surface area contributed by atoms with Gasteiger partial charge in [-0.3, -0.25) is 4.99 Å². The molecule has 0 amide bonds. The van der Waals surface area contributed by atoms with E-state index in [1.54, 1.807) is 0 Å². The van der Waals surface area contributed by atoms with Crippen molar-refractivity contribution < 1.29 is 0 Å². The van der Waals surface area contributed by atoms with Crippen LogP contribution in [0.25, 0.3) is 0 Å². The smallest absolute Gasteiger partial charge is 0.0483 e. The molecular formula is C19H21N. The summed E-state index contributed by atoms with van der Waals surface area (Å²) >= 11 is 0. The molecule has 0 spiro atoms. The zero-order valence-electron chi connectivity index (χ0n) is 12.0. The van der Waals surface area contributed by atoms with Crippen molar-refractivity contribution in [2.24, 2.45) is 4.99 Å². The van der Waals surface area contributed by atoms with Gasteiger partial charge in [-0.25, -0.2) is 0 Å². The minimum Gasteiger partial charge on any atom is -0.293 e. The fourth-order valence-electron chi connectivity index (χ4n) is 2.92. The molecule has 1 aliphatic rings. The Hall–Kier alpha value is -1.89. The first-order chi connectivity index (χ1) is 9.76.